The molecule has 0 radical (unpaired) electrons. The summed E-state index contributed by atoms with van der Waals surface area (Å²) in [6, 6.07) is 22.3. The molecule has 0 unspecified atom stereocenters. The molecule has 0 atom stereocenters. The van der Waals surface area contributed by atoms with Gasteiger partial charge in [-0.2, -0.15) is 0 Å². The highest BCUT2D eigenvalue weighted by Gasteiger charge is 2.24. The number of pyridine rings is 1. The average molecular weight is 396 g/mol. The molecule has 0 spiro atoms. The minimum Gasteiger partial charge on any atom is -0.340 e. The van der Waals surface area contributed by atoms with Crippen LogP contribution < -0.4 is 5.32 Å². The number of fused-ring (bicyclic) bond motifs is 1. The van der Waals surface area contributed by atoms with Crippen molar-refractivity contribution in [3.63, 3.8) is 0 Å². The lowest BCUT2D eigenvalue weighted by Crippen LogP contribution is -2.15. The van der Waals surface area contributed by atoms with E-state index >= 15 is 0 Å². The van der Waals surface area contributed by atoms with Gasteiger partial charge in [-0.15, -0.1) is 0 Å². The Morgan fingerprint density at radius 1 is 0.800 bits per heavy atom. The van der Waals surface area contributed by atoms with Crippen LogP contribution in [0.2, 0.25) is 0 Å². The number of hydrogen-bond acceptors (Lipinski definition) is 2. The topological polar surface area (TPSA) is 29.3 Å². The van der Waals surface area contributed by atoms with Crippen molar-refractivity contribution in [2.75, 3.05) is 5.32 Å². The number of aromatic nitrogens is 2. The van der Waals surface area contributed by atoms with Crippen molar-refractivity contribution in [1.29, 1.82) is 0 Å². The zero-order valence-electron chi connectivity index (χ0n) is 18.1. The van der Waals surface area contributed by atoms with Gasteiger partial charge in [0.15, 0.2) is 0 Å². The Kier molecular flexibility index (Phi) is 4.62. The summed E-state index contributed by atoms with van der Waals surface area (Å²) in [7, 11) is 0. The first-order chi connectivity index (χ1) is 14.5. The minimum atomic E-state index is -0.0474. The Balaban J connectivity index is 1.59. The van der Waals surface area contributed by atoms with E-state index in [0.29, 0.717) is 0 Å². The van der Waals surface area contributed by atoms with Gasteiger partial charge in [0.1, 0.15) is 11.5 Å². The van der Waals surface area contributed by atoms with E-state index in [0.717, 1.165) is 42.8 Å². The molecular formula is C27H29N3. The first-order valence-corrected chi connectivity index (χ1v) is 10.9. The lowest BCUT2D eigenvalue weighted by atomic mass is 9.91. The molecule has 3 nitrogen and oxygen atoms in total. The molecule has 152 valence electrons. The average Bonchev–Trinajstić information content (AvgIpc) is 3.10. The van der Waals surface area contributed by atoms with Gasteiger partial charge < -0.3 is 5.32 Å². The molecule has 4 aliphatic rings. The predicted molar refractivity (Wildman–Crippen MR) is 125 cm³/mol. The van der Waals surface area contributed by atoms with E-state index in [9.17, 15) is 0 Å². The fraction of sp³-hybridized carbons (Fsp3) is 0.296. The third-order valence-corrected chi connectivity index (χ3v) is 6.08. The molecule has 0 aliphatic heterocycles. The summed E-state index contributed by atoms with van der Waals surface area (Å²) in [5, 5.41) is 3.81. The van der Waals surface area contributed by atoms with Crippen LogP contribution in [0.25, 0.3) is 5.65 Å². The standard InChI is InChI=1S/C27H29N3/c1-27(2,3)25-26(30-17-5-4-6-24(30)29-25)28-23-18-21-12-11-19-7-9-20(10-8-19)13-15-22(23)16-14-21/h4-10,14,16-18,28H,11-13,15H2,1-3H3. The van der Waals surface area contributed by atoms with Gasteiger partial charge in [-0.25, -0.2) is 4.98 Å². The predicted octanol–water partition coefficient (Wildman–Crippen LogP) is 6.26. The van der Waals surface area contributed by atoms with Gasteiger partial charge in [0.05, 0.1) is 5.69 Å². The molecule has 0 fully saturated rings. The number of nitrogens with zero attached hydrogens (tertiary/aromatic N) is 2. The summed E-state index contributed by atoms with van der Waals surface area (Å²) < 4.78 is 2.18. The van der Waals surface area contributed by atoms with Crippen molar-refractivity contribution in [2.24, 2.45) is 0 Å². The normalized spacial score (nSPS) is 14.0. The van der Waals surface area contributed by atoms with E-state index in [2.05, 4.69) is 91.3 Å². The van der Waals surface area contributed by atoms with Crippen LogP contribution in [0.5, 0.6) is 0 Å². The largest absolute Gasteiger partial charge is 0.340 e. The van der Waals surface area contributed by atoms with Crippen LogP contribution in [0.4, 0.5) is 11.5 Å². The summed E-state index contributed by atoms with van der Waals surface area (Å²) in [5.74, 6) is 1.08. The molecule has 0 amide bonds. The number of benzene rings is 2. The Bertz CT molecular complexity index is 1190. The second-order valence-corrected chi connectivity index (χ2v) is 9.42. The molecular weight excluding hydrogens is 366 g/mol. The van der Waals surface area contributed by atoms with Crippen LogP contribution in [-0.4, -0.2) is 9.38 Å². The number of imidazole rings is 1. The van der Waals surface area contributed by atoms with E-state index in [1.165, 1.54) is 27.9 Å². The van der Waals surface area contributed by atoms with Gasteiger partial charge in [0.2, 0.25) is 0 Å². The SMILES string of the molecule is CC(C)(C)c1nc2ccccn2c1Nc1cc2ccc1CCc1ccc(cc1)CC2. The molecule has 8 rings (SSSR count). The van der Waals surface area contributed by atoms with Crippen LogP contribution in [0.15, 0.2) is 66.9 Å². The molecule has 2 aromatic heterocycles. The van der Waals surface area contributed by atoms with Crippen molar-refractivity contribution in [3.8, 4) is 0 Å². The third-order valence-electron chi connectivity index (χ3n) is 6.08. The maximum Gasteiger partial charge on any atom is 0.138 e. The zero-order chi connectivity index (χ0) is 20.7. The van der Waals surface area contributed by atoms with Gasteiger partial charge in [0, 0.05) is 17.3 Å². The Labute approximate surface area is 178 Å². The van der Waals surface area contributed by atoms with E-state index in [-0.39, 0.29) is 5.41 Å². The van der Waals surface area contributed by atoms with Gasteiger partial charge in [-0.3, -0.25) is 4.40 Å². The Morgan fingerprint density at radius 2 is 1.47 bits per heavy atom. The molecule has 4 bridgehead atoms. The molecule has 0 saturated carbocycles. The highest BCUT2D eigenvalue weighted by Crippen LogP contribution is 2.34. The Morgan fingerprint density at radius 3 is 2.20 bits per heavy atom. The van der Waals surface area contributed by atoms with Crippen molar-refractivity contribution in [2.45, 2.75) is 51.9 Å². The number of nitrogens with one attached hydrogen (secondary N) is 1. The van der Waals surface area contributed by atoms with E-state index in [4.69, 9.17) is 4.98 Å². The maximum absolute atomic E-state index is 4.96. The second kappa shape index (κ2) is 7.32. The highest BCUT2D eigenvalue weighted by atomic mass is 15.1. The quantitative estimate of drug-likeness (QED) is 0.434. The van der Waals surface area contributed by atoms with Crippen molar-refractivity contribution >= 4 is 17.2 Å². The second-order valence-electron chi connectivity index (χ2n) is 9.42. The lowest BCUT2D eigenvalue weighted by Gasteiger charge is -2.21. The minimum absolute atomic E-state index is 0.0474. The van der Waals surface area contributed by atoms with Crippen molar-refractivity contribution in [3.05, 3.63) is 94.8 Å². The van der Waals surface area contributed by atoms with E-state index < -0.39 is 0 Å². The lowest BCUT2D eigenvalue weighted by molar-refractivity contribution is 0.575. The summed E-state index contributed by atoms with van der Waals surface area (Å²) in [6.07, 6.45) is 6.29. The first-order valence-electron chi connectivity index (χ1n) is 10.9. The Hall–Kier alpha value is -3.07. The van der Waals surface area contributed by atoms with Crippen LogP contribution >= 0.6 is 0 Å². The van der Waals surface area contributed by atoms with Crippen molar-refractivity contribution in [1.82, 2.24) is 9.38 Å². The van der Waals surface area contributed by atoms with Crippen LogP contribution in [0, 0.1) is 0 Å². The summed E-state index contributed by atoms with van der Waals surface area (Å²) in [6.45, 7) is 6.69. The fourth-order valence-electron chi connectivity index (χ4n) is 4.32. The number of anilines is 2. The highest BCUT2D eigenvalue weighted by molar-refractivity contribution is 5.68. The third kappa shape index (κ3) is 3.60. The zero-order valence-corrected chi connectivity index (χ0v) is 18.1. The van der Waals surface area contributed by atoms with Crippen LogP contribution in [0.1, 0.15) is 48.7 Å². The summed E-state index contributed by atoms with van der Waals surface area (Å²) >= 11 is 0. The van der Waals surface area contributed by atoms with Crippen LogP contribution in [-0.2, 0) is 31.1 Å². The smallest absolute Gasteiger partial charge is 0.138 e. The van der Waals surface area contributed by atoms with Crippen molar-refractivity contribution < 1.29 is 0 Å². The summed E-state index contributed by atoms with van der Waals surface area (Å²) in [5.41, 5.74) is 8.78. The monoisotopic (exact) mass is 395 g/mol. The first kappa shape index (κ1) is 18.9. The number of hydrogen-bond donors (Lipinski definition) is 1. The molecule has 4 aromatic rings. The molecule has 3 heteroatoms. The van der Waals surface area contributed by atoms with Gasteiger partial charge in [-0.05, 0) is 66.1 Å². The molecule has 0 saturated heterocycles. The molecule has 2 aromatic carbocycles. The van der Waals surface area contributed by atoms with E-state index in [1.54, 1.807) is 0 Å². The van der Waals surface area contributed by atoms with Crippen LogP contribution in [0.3, 0.4) is 0 Å². The van der Waals surface area contributed by atoms with Gasteiger partial charge >= 0.3 is 0 Å². The fourth-order valence-corrected chi connectivity index (χ4v) is 4.32. The van der Waals surface area contributed by atoms with E-state index in [1.807, 2.05) is 6.07 Å². The molecule has 4 aliphatic carbocycles. The summed E-state index contributed by atoms with van der Waals surface area (Å²) in [4.78, 5) is 4.96. The van der Waals surface area contributed by atoms with Gasteiger partial charge in [0.25, 0.3) is 0 Å². The molecule has 1 N–H and O–H groups in total. The van der Waals surface area contributed by atoms with Gasteiger partial charge in [-0.1, -0.05) is 63.2 Å². The maximum atomic E-state index is 4.96. The molecule has 30 heavy (non-hydrogen) atoms. The molecule has 2 heterocycles. The number of rotatable bonds is 2. The number of aryl methyl sites for hydroxylation is 4.